The lowest BCUT2D eigenvalue weighted by Gasteiger charge is -2.34. The molecule has 0 saturated carbocycles. The highest BCUT2D eigenvalue weighted by Crippen LogP contribution is 2.40. The SMILES string of the molecule is Cc1cc2c(nc1N1CCC(Oc3ccc4c(c3)C(C)(C)CO4)CC1)CNC2=O. The molecular weight excluding hydrogens is 366 g/mol. The molecule has 1 amide bonds. The van der Waals surface area contributed by atoms with Gasteiger partial charge in [-0.2, -0.15) is 0 Å². The van der Waals surface area contributed by atoms with E-state index in [0.29, 0.717) is 12.1 Å². The average Bonchev–Trinajstić information content (AvgIpc) is 3.21. The van der Waals surface area contributed by atoms with Crippen LogP contribution in [-0.4, -0.2) is 36.7 Å². The molecule has 6 nitrogen and oxygen atoms in total. The number of hydrogen-bond donors (Lipinski definition) is 1. The third-order valence-corrected chi connectivity index (χ3v) is 6.24. The van der Waals surface area contributed by atoms with Crippen molar-refractivity contribution in [1.29, 1.82) is 0 Å². The maximum absolute atomic E-state index is 11.8. The number of hydrogen-bond acceptors (Lipinski definition) is 5. The first-order valence-corrected chi connectivity index (χ1v) is 10.4. The second-order valence-electron chi connectivity index (χ2n) is 8.94. The molecule has 3 aliphatic heterocycles. The zero-order chi connectivity index (χ0) is 20.2. The highest BCUT2D eigenvalue weighted by Gasteiger charge is 2.32. The molecule has 0 spiro atoms. The molecule has 6 heteroatoms. The fraction of sp³-hybridized carbons (Fsp3) is 0.478. The summed E-state index contributed by atoms with van der Waals surface area (Å²) in [5.74, 6) is 2.88. The number of nitrogens with one attached hydrogen (secondary N) is 1. The molecule has 0 radical (unpaired) electrons. The highest BCUT2D eigenvalue weighted by atomic mass is 16.5. The molecule has 1 N–H and O–H groups in total. The van der Waals surface area contributed by atoms with Crippen molar-refractivity contribution in [1.82, 2.24) is 10.3 Å². The van der Waals surface area contributed by atoms with E-state index in [0.717, 1.165) is 61.1 Å². The van der Waals surface area contributed by atoms with Gasteiger partial charge in [0.05, 0.1) is 24.4 Å². The lowest BCUT2D eigenvalue weighted by molar-refractivity contribution is 0.0965. The van der Waals surface area contributed by atoms with Gasteiger partial charge in [-0.1, -0.05) is 13.8 Å². The summed E-state index contributed by atoms with van der Waals surface area (Å²) in [6, 6.07) is 8.16. The number of piperidine rings is 1. The zero-order valence-corrected chi connectivity index (χ0v) is 17.2. The molecule has 4 heterocycles. The van der Waals surface area contributed by atoms with Gasteiger partial charge in [0, 0.05) is 36.9 Å². The molecule has 0 bridgehead atoms. The van der Waals surface area contributed by atoms with E-state index in [1.54, 1.807) is 0 Å². The molecule has 0 atom stereocenters. The van der Waals surface area contributed by atoms with E-state index < -0.39 is 0 Å². The number of aryl methyl sites for hydroxylation is 1. The van der Waals surface area contributed by atoms with Gasteiger partial charge >= 0.3 is 0 Å². The minimum Gasteiger partial charge on any atom is -0.492 e. The molecule has 2 aromatic rings. The number of pyridine rings is 1. The van der Waals surface area contributed by atoms with Gasteiger partial charge < -0.3 is 19.7 Å². The molecule has 1 aromatic carbocycles. The van der Waals surface area contributed by atoms with E-state index in [1.807, 2.05) is 25.1 Å². The molecule has 5 rings (SSSR count). The van der Waals surface area contributed by atoms with Crippen molar-refractivity contribution >= 4 is 11.7 Å². The van der Waals surface area contributed by atoms with Crippen molar-refractivity contribution < 1.29 is 14.3 Å². The van der Waals surface area contributed by atoms with E-state index in [2.05, 4.69) is 30.1 Å². The smallest absolute Gasteiger partial charge is 0.253 e. The number of carbonyl (C=O) groups excluding carboxylic acids is 1. The number of carbonyl (C=O) groups is 1. The van der Waals surface area contributed by atoms with Crippen molar-refractivity contribution in [2.45, 2.75) is 51.7 Å². The third kappa shape index (κ3) is 3.20. The molecule has 152 valence electrons. The van der Waals surface area contributed by atoms with Crippen molar-refractivity contribution in [3.05, 3.63) is 46.6 Å². The Morgan fingerprint density at radius 1 is 1.24 bits per heavy atom. The number of rotatable bonds is 3. The fourth-order valence-corrected chi connectivity index (χ4v) is 4.50. The van der Waals surface area contributed by atoms with Crippen LogP contribution in [0, 0.1) is 6.92 Å². The van der Waals surface area contributed by atoms with Crippen LogP contribution in [0.1, 0.15) is 53.9 Å². The van der Waals surface area contributed by atoms with Gasteiger partial charge in [-0.05, 0) is 36.8 Å². The van der Waals surface area contributed by atoms with Gasteiger partial charge in [0.1, 0.15) is 23.4 Å². The van der Waals surface area contributed by atoms with Gasteiger partial charge in [-0.25, -0.2) is 4.98 Å². The monoisotopic (exact) mass is 393 g/mol. The Morgan fingerprint density at radius 2 is 2.03 bits per heavy atom. The standard InChI is InChI=1S/C23H27N3O3/c1-14-10-17-19(12-24-22(17)27)25-21(14)26-8-6-15(7-9-26)29-16-4-5-20-18(11-16)23(2,3)13-28-20/h4-5,10-11,15H,6-9,12-13H2,1-3H3,(H,24,27). The number of aromatic nitrogens is 1. The quantitative estimate of drug-likeness (QED) is 0.866. The summed E-state index contributed by atoms with van der Waals surface area (Å²) >= 11 is 0. The number of amides is 1. The van der Waals surface area contributed by atoms with Gasteiger partial charge in [0.15, 0.2) is 0 Å². The molecule has 29 heavy (non-hydrogen) atoms. The lowest BCUT2D eigenvalue weighted by atomic mass is 9.87. The second kappa shape index (κ2) is 6.65. The number of fused-ring (bicyclic) bond motifs is 2. The molecule has 1 aromatic heterocycles. The van der Waals surface area contributed by atoms with Crippen LogP contribution in [0.15, 0.2) is 24.3 Å². The Morgan fingerprint density at radius 3 is 2.83 bits per heavy atom. The number of anilines is 1. The Balaban J connectivity index is 1.26. The Kier molecular flexibility index (Phi) is 4.19. The first-order valence-electron chi connectivity index (χ1n) is 10.4. The van der Waals surface area contributed by atoms with Crippen LogP contribution in [0.4, 0.5) is 5.82 Å². The first kappa shape index (κ1) is 18.3. The van der Waals surface area contributed by atoms with Crippen molar-refractivity contribution in [2.75, 3.05) is 24.6 Å². The van der Waals surface area contributed by atoms with Crippen LogP contribution < -0.4 is 19.7 Å². The van der Waals surface area contributed by atoms with Crippen LogP contribution >= 0.6 is 0 Å². The Hall–Kier alpha value is -2.76. The van der Waals surface area contributed by atoms with Crippen LogP contribution in [0.5, 0.6) is 11.5 Å². The Labute approximate surface area is 171 Å². The van der Waals surface area contributed by atoms with E-state index in [4.69, 9.17) is 14.5 Å². The predicted octanol–water partition coefficient (Wildman–Crippen LogP) is 3.35. The summed E-state index contributed by atoms with van der Waals surface area (Å²) < 4.78 is 12.1. The molecule has 1 saturated heterocycles. The topological polar surface area (TPSA) is 63.7 Å². The Bertz CT molecular complexity index is 978. The van der Waals surface area contributed by atoms with Crippen LogP contribution in [0.3, 0.4) is 0 Å². The second-order valence-corrected chi connectivity index (χ2v) is 8.94. The number of ether oxygens (including phenoxy) is 2. The third-order valence-electron chi connectivity index (χ3n) is 6.24. The lowest BCUT2D eigenvalue weighted by Crippen LogP contribution is -2.39. The summed E-state index contributed by atoms with van der Waals surface area (Å²) in [5, 5.41) is 2.85. The fourth-order valence-electron chi connectivity index (χ4n) is 4.50. The van der Waals surface area contributed by atoms with Gasteiger partial charge in [0.2, 0.25) is 0 Å². The van der Waals surface area contributed by atoms with Gasteiger partial charge in [-0.15, -0.1) is 0 Å². The van der Waals surface area contributed by atoms with Gasteiger partial charge in [-0.3, -0.25) is 4.79 Å². The van der Waals surface area contributed by atoms with E-state index in [9.17, 15) is 4.79 Å². The van der Waals surface area contributed by atoms with E-state index in [1.165, 1.54) is 5.56 Å². The predicted molar refractivity (Wildman–Crippen MR) is 111 cm³/mol. The summed E-state index contributed by atoms with van der Waals surface area (Å²) in [6.07, 6.45) is 2.10. The highest BCUT2D eigenvalue weighted by molar-refractivity contribution is 5.98. The minimum absolute atomic E-state index is 0.0165. The largest absolute Gasteiger partial charge is 0.492 e. The van der Waals surface area contributed by atoms with E-state index >= 15 is 0 Å². The van der Waals surface area contributed by atoms with Crippen LogP contribution in [0.2, 0.25) is 0 Å². The van der Waals surface area contributed by atoms with Crippen LogP contribution in [-0.2, 0) is 12.0 Å². The number of benzene rings is 1. The molecular formula is C23H27N3O3. The minimum atomic E-state index is -0.0165. The molecule has 1 fully saturated rings. The average molecular weight is 393 g/mol. The molecule has 0 unspecified atom stereocenters. The summed E-state index contributed by atoms with van der Waals surface area (Å²) in [4.78, 5) is 18.9. The zero-order valence-electron chi connectivity index (χ0n) is 17.2. The summed E-state index contributed by atoms with van der Waals surface area (Å²) in [7, 11) is 0. The van der Waals surface area contributed by atoms with E-state index in [-0.39, 0.29) is 17.4 Å². The maximum atomic E-state index is 11.8. The van der Waals surface area contributed by atoms with Gasteiger partial charge in [0.25, 0.3) is 5.91 Å². The van der Waals surface area contributed by atoms with Crippen molar-refractivity contribution in [3.63, 3.8) is 0 Å². The normalized spacial score (nSPS) is 20.1. The number of nitrogens with zero attached hydrogens (tertiary/aromatic N) is 2. The maximum Gasteiger partial charge on any atom is 0.253 e. The summed E-state index contributed by atoms with van der Waals surface area (Å²) in [6.45, 7) is 9.49. The summed E-state index contributed by atoms with van der Waals surface area (Å²) in [5.41, 5.74) is 3.89. The van der Waals surface area contributed by atoms with Crippen molar-refractivity contribution in [2.24, 2.45) is 0 Å². The molecule has 3 aliphatic rings. The van der Waals surface area contributed by atoms with Crippen molar-refractivity contribution in [3.8, 4) is 11.5 Å². The van der Waals surface area contributed by atoms with Crippen LogP contribution in [0.25, 0.3) is 0 Å². The first-order chi connectivity index (χ1) is 13.9. The molecule has 0 aliphatic carbocycles.